The smallest absolute Gasteiger partial charge is 0.127 e. The van der Waals surface area contributed by atoms with E-state index in [4.69, 9.17) is 4.74 Å². The van der Waals surface area contributed by atoms with E-state index in [1.807, 2.05) is 6.07 Å². The fourth-order valence-corrected chi connectivity index (χ4v) is 1.97. The average molecular weight is 289 g/mol. The van der Waals surface area contributed by atoms with Crippen LogP contribution < -0.4 is 10.1 Å². The highest BCUT2D eigenvalue weighted by Crippen LogP contribution is 2.18. The van der Waals surface area contributed by atoms with Crippen LogP contribution in [0.5, 0.6) is 11.5 Å². The number of rotatable bonds is 7. The van der Waals surface area contributed by atoms with Crippen molar-refractivity contribution in [2.45, 2.75) is 26.5 Å². The zero-order chi connectivity index (χ0) is 15.1. The number of halogens is 1. The van der Waals surface area contributed by atoms with Gasteiger partial charge in [0.25, 0.3) is 0 Å². The fraction of sp³-hybridized carbons (Fsp3) is 0.294. The van der Waals surface area contributed by atoms with Gasteiger partial charge in [0.05, 0.1) is 0 Å². The van der Waals surface area contributed by atoms with Gasteiger partial charge in [0.15, 0.2) is 0 Å². The van der Waals surface area contributed by atoms with Crippen molar-refractivity contribution in [3.05, 3.63) is 59.4 Å². The molecule has 0 fully saturated rings. The Bertz CT molecular complexity index is 570. The van der Waals surface area contributed by atoms with Gasteiger partial charge in [-0.15, -0.1) is 0 Å². The maximum absolute atomic E-state index is 13.6. The molecule has 0 heterocycles. The van der Waals surface area contributed by atoms with Gasteiger partial charge in [-0.25, -0.2) is 4.39 Å². The number of hydrogen-bond donors (Lipinski definition) is 2. The van der Waals surface area contributed by atoms with Crippen LogP contribution in [0.4, 0.5) is 4.39 Å². The molecule has 0 atom stereocenters. The number of benzene rings is 2. The molecule has 2 N–H and O–H groups in total. The molecule has 0 aromatic heterocycles. The molecule has 3 nitrogen and oxygen atoms in total. The Balaban J connectivity index is 1.97. The Morgan fingerprint density at radius 2 is 1.86 bits per heavy atom. The van der Waals surface area contributed by atoms with Crippen LogP contribution in [0.2, 0.25) is 0 Å². The second kappa shape index (κ2) is 7.64. The topological polar surface area (TPSA) is 41.5 Å². The highest BCUT2D eigenvalue weighted by atomic mass is 19.1. The Morgan fingerprint density at radius 3 is 2.57 bits per heavy atom. The molecular weight excluding hydrogens is 269 g/mol. The summed E-state index contributed by atoms with van der Waals surface area (Å²) in [6.45, 7) is 3.96. The number of nitrogens with one attached hydrogen (secondary N) is 1. The van der Waals surface area contributed by atoms with Crippen LogP contribution in [0.3, 0.4) is 0 Å². The van der Waals surface area contributed by atoms with Crippen LogP contribution in [0.15, 0.2) is 42.5 Å². The summed E-state index contributed by atoms with van der Waals surface area (Å²) in [4.78, 5) is 0. The van der Waals surface area contributed by atoms with Crippen molar-refractivity contribution in [2.75, 3.05) is 6.54 Å². The molecule has 2 rings (SSSR count). The highest BCUT2D eigenvalue weighted by molar-refractivity contribution is 5.30. The van der Waals surface area contributed by atoms with Crippen LogP contribution in [-0.4, -0.2) is 11.7 Å². The van der Waals surface area contributed by atoms with Crippen molar-refractivity contribution in [1.29, 1.82) is 0 Å². The quantitative estimate of drug-likeness (QED) is 0.765. The molecule has 2 aromatic carbocycles. The lowest BCUT2D eigenvalue weighted by Crippen LogP contribution is -2.14. The molecule has 4 heteroatoms. The third kappa shape index (κ3) is 5.08. The molecule has 0 amide bonds. The fourth-order valence-electron chi connectivity index (χ4n) is 1.97. The van der Waals surface area contributed by atoms with Crippen LogP contribution >= 0.6 is 0 Å². The van der Waals surface area contributed by atoms with Gasteiger partial charge in [0.2, 0.25) is 0 Å². The third-order valence-electron chi connectivity index (χ3n) is 3.03. The predicted octanol–water partition coefficient (Wildman–Crippen LogP) is 3.61. The van der Waals surface area contributed by atoms with Crippen LogP contribution in [0, 0.1) is 5.82 Å². The largest absolute Gasteiger partial charge is 0.508 e. The van der Waals surface area contributed by atoms with E-state index in [2.05, 4.69) is 12.2 Å². The second-order valence-corrected chi connectivity index (χ2v) is 4.93. The zero-order valence-corrected chi connectivity index (χ0v) is 12.1. The number of hydrogen-bond acceptors (Lipinski definition) is 3. The van der Waals surface area contributed by atoms with Crippen LogP contribution in [0.25, 0.3) is 0 Å². The van der Waals surface area contributed by atoms with E-state index in [0.29, 0.717) is 18.9 Å². The Labute approximate surface area is 124 Å². The van der Waals surface area contributed by atoms with Crippen molar-refractivity contribution < 1.29 is 14.2 Å². The van der Waals surface area contributed by atoms with Crippen LogP contribution in [0.1, 0.15) is 24.5 Å². The third-order valence-corrected chi connectivity index (χ3v) is 3.03. The maximum Gasteiger partial charge on any atom is 0.127 e. The molecule has 0 bridgehead atoms. The Kier molecular flexibility index (Phi) is 5.58. The van der Waals surface area contributed by atoms with Gasteiger partial charge >= 0.3 is 0 Å². The first-order chi connectivity index (χ1) is 10.2. The summed E-state index contributed by atoms with van der Waals surface area (Å²) in [7, 11) is 0. The van der Waals surface area contributed by atoms with Gasteiger partial charge in [-0.1, -0.05) is 19.1 Å². The maximum atomic E-state index is 13.6. The van der Waals surface area contributed by atoms with E-state index >= 15 is 0 Å². The van der Waals surface area contributed by atoms with Gasteiger partial charge < -0.3 is 15.2 Å². The molecule has 0 radical (unpaired) electrons. The van der Waals surface area contributed by atoms with Crippen molar-refractivity contribution >= 4 is 0 Å². The van der Waals surface area contributed by atoms with E-state index in [1.54, 1.807) is 24.3 Å². The molecule has 112 valence electrons. The number of phenolic OH excluding ortho intramolecular Hbond substituents is 1. The highest BCUT2D eigenvalue weighted by Gasteiger charge is 2.03. The summed E-state index contributed by atoms with van der Waals surface area (Å²) >= 11 is 0. The summed E-state index contributed by atoms with van der Waals surface area (Å²) in [5.41, 5.74) is 1.78. The normalized spacial score (nSPS) is 10.6. The number of aromatic hydroxyl groups is 1. The van der Waals surface area contributed by atoms with E-state index < -0.39 is 0 Å². The second-order valence-electron chi connectivity index (χ2n) is 4.93. The number of ether oxygens (including phenoxy) is 1. The molecule has 0 unspecified atom stereocenters. The summed E-state index contributed by atoms with van der Waals surface area (Å²) in [6, 6.07) is 11.5. The molecule has 0 aliphatic rings. The average Bonchev–Trinajstić information content (AvgIpc) is 2.46. The van der Waals surface area contributed by atoms with E-state index in [0.717, 1.165) is 24.1 Å². The lowest BCUT2D eigenvalue weighted by molar-refractivity contribution is 0.304. The minimum absolute atomic E-state index is 0.216. The molecule has 21 heavy (non-hydrogen) atoms. The minimum Gasteiger partial charge on any atom is -0.508 e. The summed E-state index contributed by atoms with van der Waals surface area (Å²) in [6.07, 6.45) is 1.04. The summed E-state index contributed by atoms with van der Waals surface area (Å²) in [5, 5.41) is 12.5. The molecule has 0 spiro atoms. The molecular formula is C17H20FNO2. The summed E-state index contributed by atoms with van der Waals surface area (Å²) in [5.74, 6) is 0.427. The SMILES string of the molecule is CCCNCc1cc(F)cc(OCc2ccc(O)cc2)c1. The van der Waals surface area contributed by atoms with Gasteiger partial charge in [0, 0.05) is 12.6 Å². The predicted molar refractivity (Wildman–Crippen MR) is 80.8 cm³/mol. The molecule has 0 aliphatic heterocycles. The lowest BCUT2D eigenvalue weighted by atomic mass is 10.2. The van der Waals surface area contributed by atoms with Gasteiger partial charge in [-0.05, 0) is 48.4 Å². The van der Waals surface area contributed by atoms with Gasteiger partial charge in [-0.2, -0.15) is 0 Å². The van der Waals surface area contributed by atoms with Crippen molar-refractivity contribution in [3.63, 3.8) is 0 Å². The number of phenols is 1. The van der Waals surface area contributed by atoms with Crippen molar-refractivity contribution in [1.82, 2.24) is 5.32 Å². The molecule has 0 saturated carbocycles. The van der Waals surface area contributed by atoms with E-state index in [1.165, 1.54) is 12.1 Å². The zero-order valence-electron chi connectivity index (χ0n) is 12.1. The van der Waals surface area contributed by atoms with Gasteiger partial charge in [-0.3, -0.25) is 0 Å². The lowest BCUT2D eigenvalue weighted by Gasteiger charge is -2.09. The Morgan fingerprint density at radius 1 is 1.10 bits per heavy atom. The standard InChI is InChI=1S/C17H20FNO2/c1-2-7-19-11-14-8-15(18)10-17(9-14)21-12-13-3-5-16(20)6-4-13/h3-6,8-10,19-20H,2,7,11-12H2,1H3. The minimum atomic E-state index is -0.300. The van der Waals surface area contributed by atoms with E-state index in [9.17, 15) is 9.50 Å². The Hall–Kier alpha value is -2.07. The van der Waals surface area contributed by atoms with E-state index in [-0.39, 0.29) is 11.6 Å². The first-order valence-corrected chi connectivity index (χ1v) is 7.08. The van der Waals surface area contributed by atoms with Crippen molar-refractivity contribution in [3.8, 4) is 11.5 Å². The van der Waals surface area contributed by atoms with Gasteiger partial charge in [0.1, 0.15) is 23.9 Å². The van der Waals surface area contributed by atoms with Crippen molar-refractivity contribution in [2.24, 2.45) is 0 Å². The first kappa shape index (κ1) is 15.3. The first-order valence-electron chi connectivity index (χ1n) is 7.08. The van der Waals surface area contributed by atoms with Crippen LogP contribution in [-0.2, 0) is 13.2 Å². The molecule has 0 aliphatic carbocycles. The monoisotopic (exact) mass is 289 g/mol. The molecule has 2 aromatic rings. The summed E-state index contributed by atoms with van der Waals surface area (Å²) < 4.78 is 19.2. The molecule has 0 saturated heterocycles.